The number of hydrogen-bond donors (Lipinski definition) is 0. The molecule has 2 aromatic rings. The van der Waals surface area contributed by atoms with Gasteiger partial charge in [-0.3, -0.25) is 4.98 Å². The van der Waals surface area contributed by atoms with Gasteiger partial charge in [0.15, 0.2) is 0 Å². The molecular formula is C13H15ClN2. The first kappa shape index (κ1) is 11.2. The van der Waals surface area contributed by atoms with Crippen LogP contribution in [0.25, 0.3) is 11.3 Å². The molecule has 0 aliphatic heterocycles. The highest BCUT2D eigenvalue weighted by Crippen LogP contribution is 2.33. The normalized spacial score (nSPS) is 11.1. The zero-order valence-electron chi connectivity index (χ0n) is 9.74. The third-order valence-electron chi connectivity index (χ3n) is 2.65. The van der Waals surface area contributed by atoms with Crippen molar-refractivity contribution in [3.63, 3.8) is 0 Å². The molecular weight excluding hydrogens is 220 g/mol. The van der Waals surface area contributed by atoms with Crippen LogP contribution in [0.15, 0.2) is 30.6 Å². The summed E-state index contributed by atoms with van der Waals surface area (Å²) in [6.07, 6.45) is 3.58. The van der Waals surface area contributed by atoms with Gasteiger partial charge in [-0.15, -0.1) is 0 Å². The average Bonchev–Trinajstić information content (AvgIpc) is 2.55. The van der Waals surface area contributed by atoms with Crippen LogP contribution in [0.2, 0.25) is 5.02 Å². The summed E-state index contributed by atoms with van der Waals surface area (Å²) in [5.41, 5.74) is 3.38. The number of nitrogens with zero attached hydrogens (tertiary/aromatic N) is 2. The summed E-state index contributed by atoms with van der Waals surface area (Å²) in [6.45, 7) is 6.40. The van der Waals surface area contributed by atoms with Crippen molar-refractivity contribution in [2.75, 3.05) is 0 Å². The molecule has 84 valence electrons. The van der Waals surface area contributed by atoms with Gasteiger partial charge >= 0.3 is 0 Å². The van der Waals surface area contributed by atoms with Gasteiger partial charge in [-0.1, -0.05) is 11.6 Å². The van der Waals surface area contributed by atoms with Crippen molar-refractivity contribution in [3.05, 3.63) is 41.3 Å². The largest absolute Gasteiger partial charge is 0.341 e. The molecule has 0 bridgehead atoms. The number of aryl methyl sites for hydroxylation is 1. The zero-order valence-corrected chi connectivity index (χ0v) is 10.5. The molecule has 3 heteroatoms. The molecule has 2 heterocycles. The molecule has 16 heavy (non-hydrogen) atoms. The molecule has 0 saturated carbocycles. The number of pyridine rings is 1. The Morgan fingerprint density at radius 3 is 2.44 bits per heavy atom. The molecule has 2 aromatic heterocycles. The van der Waals surface area contributed by atoms with Crippen molar-refractivity contribution in [1.82, 2.24) is 9.55 Å². The molecule has 0 amide bonds. The van der Waals surface area contributed by atoms with Crippen LogP contribution in [0.5, 0.6) is 0 Å². The van der Waals surface area contributed by atoms with Gasteiger partial charge in [0.1, 0.15) is 0 Å². The summed E-state index contributed by atoms with van der Waals surface area (Å²) in [4.78, 5) is 4.03. The van der Waals surface area contributed by atoms with E-state index < -0.39 is 0 Å². The predicted molar refractivity (Wildman–Crippen MR) is 67.8 cm³/mol. The fourth-order valence-corrected chi connectivity index (χ4v) is 2.42. The van der Waals surface area contributed by atoms with Crippen LogP contribution in [-0.4, -0.2) is 9.55 Å². The molecule has 0 aliphatic rings. The Hall–Kier alpha value is -1.28. The second kappa shape index (κ2) is 4.30. The number of halogens is 1. The molecule has 0 aromatic carbocycles. The Kier molecular flexibility index (Phi) is 3.01. The fourth-order valence-electron chi connectivity index (χ4n) is 2.06. The maximum Gasteiger partial charge on any atom is 0.0675 e. The lowest BCUT2D eigenvalue weighted by Crippen LogP contribution is -2.04. The van der Waals surface area contributed by atoms with Crippen molar-refractivity contribution < 1.29 is 0 Å². The quantitative estimate of drug-likeness (QED) is 0.765. The van der Waals surface area contributed by atoms with E-state index in [4.69, 9.17) is 11.6 Å². The standard InChI is InChI=1S/C13H15ClN2/c1-9(2)16-10(3)8-12(14)13(16)11-4-6-15-7-5-11/h4-9H,1-3H3. The van der Waals surface area contributed by atoms with E-state index in [-0.39, 0.29) is 0 Å². The zero-order chi connectivity index (χ0) is 11.7. The minimum absolute atomic E-state index is 0.399. The second-order valence-electron chi connectivity index (χ2n) is 4.18. The number of hydrogen-bond acceptors (Lipinski definition) is 1. The Balaban J connectivity index is 2.65. The highest BCUT2D eigenvalue weighted by atomic mass is 35.5. The smallest absolute Gasteiger partial charge is 0.0675 e. The molecule has 2 rings (SSSR count). The lowest BCUT2D eigenvalue weighted by atomic mass is 10.2. The average molecular weight is 235 g/mol. The van der Waals surface area contributed by atoms with Gasteiger partial charge in [-0.2, -0.15) is 0 Å². The number of rotatable bonds is 2. The van der Waals surface area contributed by atoms with E-state index in [2.05, 4.69) is 30.3 Å². The summed E-state index contributed by atoms with van der Waals surface area (Å²) in [6, 6.07) is 6.38. The fraction of sp³-hybridized carbons (Fsp3) is 0.308. The number of aromatic nitrogens is 2. The van der Waals surface area contributed by atoms with Crippen molar-refractivity contribution >= 4 is 11.6 Å². The van der Waals surface area contributed by atoms with Crippen molar-refractivity contribution in [3.8, 4) is 11.3 Å². The Labute approximate surface area is 101 Å². The van der Waals surface area contributed by atoms with Gasteiger partial charge in [0, 0.05) is 29.7 Å². The lowest BCUT2D eigenvalue weighted by molar-refractivity contribution is 0.595. The van der Waals surface area contributed by atoms with E-state index in [1.807, 2.05) is 18.2 Å². The molecule has 0 saturated heterocycles. The third-order valence-corrected chi connectivity index (χ3v) is 2.94. The maximum atomic E-state index is 6.29. The van der Waals surface area contributed by atoms with Crippen LogP contribution in [0.3, 0.4) is 0 Å². The van der Waals surface area contributed by atoms with Gasteiger partial charge in [0.25, 0.3) is 0 Å². The SMILES string of the molecule is Cc1cc(Cl)c(-c2ccncc2)n1C(C)C. The lowest BCUT2D eigenvalue weighted by Gasteiger charge is -2.15. The Morgan fingerprint density at radius 2 is 1.88 bits per heavy atom. The first-order valence-corrected chi connectivity index (χ1v) is 5.76. The first-order valence-electron chi connectivity index (χ1n) is 5.39. The topological polar surface area (TPSA) is 17.8 Å². The molecule has 0 fully saturated rings. The minimum Gasteiger partial charge on any atom is -0.341 e. The van der Waals surface area contributed by atoms with Gasteiger partial charge in [0.05, 0.1) is 10.7 Å². The summed E-state index contributed by atoms with van der Waals surface area (Å²) in [5, 5.41) is 0.803. The third kappa shape index (κ3) is 1.85. The molecule has 0 N–H and O–H groups in total. The van der Waals surface area contributed by atoms with Crippen LogP contribution in [0, 0.1) is 6.92 Å². The molecule has 0 radical (unpaired) electrons. The van der Waals surface area contributed by atoms with Crippen LogP contribution < -0.4 is 0 Å². The molecule has 0 atom stereocenters. The van der Waals surface area contributed by atoms with E-state index in [1.165, 1.54) is 5.69 Å². The van der Waals surface area contributed by atoms with Crippen molar-refractivity contribution in [2.45, 2.75) is 26.8 Å². The molecule has 0 aliphatic carbocycles. The van der Waals surface area contributed by atoms with Crippen LogP contribution in [0.1, 0.15) is 25.6 Å². The van der Waals surface area contributed by atoms with Crippen LogP contribution >= 0.6 is 11.6 Å². The van der Waals surface area contributed by atoms with Gasteiger partial charge in [-0.25, -0.2) is 0 Å². The highest BCUT2D eigenvalue weighted by molar-refractivity contribution is 6.33. The van der Waals surface area contributed by atoms with Gasteiger partial charge in [0.2, 0.25) is 0 Å². The second-order valence-corrected chi connectivity index (χ2v) is 4.59. The van der Waals surface area contributed by atoms with E-state index in [0.29, 0.717) is 6.04 Å². The molecule has 2 nitrogen and oxygen atoms in total. The summed E-state index contributed by atoms with van der Waals surface area (Å²) < 4.78 is 2.25. The molecule has 0 spiro atoms. The summed E-state index contributed by atoms with van der Waals surface area (Å²) >= 11 is 6.29. The van der Waals surface area contributed by atoms with E-state index in [9.17, 15) is 0 Å². The van der Waals surface area contributed by atoms with Gasteiger partial charge in [-0.05, 0) is 39.0 Å². The van der Waals surface area contributed by atoms with E-state index in [0.717, 1.165) is 16.3 Å². The molecule has 0 unspecified atom stereocenters. The minimum atomic E-state index is 0.399. The van der Waals surface area contributed by atoms with Crippen molar-refractivity contribution in [2.24, 2.45) is 0 Å². The van der Waals surface area contributed by atoms with Crippen molar-refractivity contribution in [1.29, 1.82) is 0 Å². The Morgan fingerprint density at radius 1 is 1.25 bits per heavy atom. The van der Waals surface area contributed by atoms with E-state index >= 15 is 0 Å². The monoisotopic (exact) mass is 234 g/mol. The maximum absolute atomic E-state index is 6.29. The van der Waals surface area contributed by atoms with E-state index in [1.54, 1.807) is 12.4 Å². The van der Waals surface area contributed by atoms with Crippen LogP contribution in [-0.2, 0) is 0 Å². The highest BCUT2D eigenvalue weighted by Gasteiger charge is 2.14. The summed E-state index contributed by atoms with van der Waals surface area (Å²) in [5.74, 6) is 0. The van der Waals surface area contributed by atoms with Gasteiger partial charge < -0.3 is 4.57 Å². The summed E-state index contributed by atoms with van der Waals surface area (Å²) in [7, 11) is 0. The Bertz CT molecular complexity index is 486. The predicted octanol–water partition coefficient (Wildman–Crippen LogP) is 4.09. The first-order chi connectivity index (χ1) is 7.61. The van der Waals surface area contributed by atoms with Crippen LogP contribution in [0.4, 0.5) is 0 Å².